The van der Waals surface area contributed by atoms with Gasteiger partial charge in [-0.3, -0.25) is 4.98 Å². The van der Waals surface area contributed by atoms with Crippen LogP contribution >= 0.6 is 0 Å². The van der Waals surface area contributed by atoms with E-state index in [1.54, 1.807) is 0 Å². The Bertz CT molecular complexity index is 544. The van der Waals surface area contributed by atoms with Crippen molar-refractivity contribution < 1.29 is 0 Å². The van der Waals surface area contributed by atoms with E-state index in [0.717, 1.165) is 25.2 Å². The Labute approximate surface area is 108 Å². The average molecular weight is 241 g/mol. The first-order valence-electron chi connectivity index (χ1n) is 6.55. The summed E-state index contributed by atoms with van der Waals surface area (Å²) in [4.78, 5) is 4.34. The van der Waals surface area contributed by atoms with Gasteiger partial charge in [0, 0.05) is 30.2 Å². The van der Waals surface area contributed by atoms with E-state index in [2.05, 4.69) is 46.8 Å². The molecular weight excluding hydrogens is 222 g/mol. The van der Waals surface area contributed by atoms with E-state index < -0.39 is 0 Å². The summed E-state index contributed by atoms with van der Waals surface area (Å²) in [6, 6.07) is 10.6. The van der Waals surface area contributed by atoms with Crippen LogP contribution in [0.25, 0.3) is 10.9 Å². The van der Waals surface area contributed by atoms with Crippen molar-refractivity contribution in [2.75, 3.05) is 13.1 Å². The molecule has 0 spiro atoms. The topological polar surface area (TPSA) is 37.0 Å². The summed E-state index contributed by atoms with van der Waals surface area (Å²) in [6.07, 6.45) is 3.04. The summed E-state index contributed by atoms with van der Waals surface area (Å²) in [5.74, 6) is 0. The molecule has 2 aromatic rings. The normalized spacial score (nSPS) is 23.6. The highest BCUT2D eigenvalue weighted by Gasteiger charge is 2.27. The van der Waals surface area contributed by atoms with E-state index in [1.807, 2.05) is 12.3 Å². The van der Waals surface area contributed by atoms with Gasteiger partial charge in [0.15, 0.2) is 0 Å². The fourth-order valence-electron chi connectivity index (χ4n) is 2.52. The van der Waals surface area contributed by atoms with Crippen LogP contribution in [0, 0.1) is 0 Å². The predicted octanol–water partition coefficient (Wildman–Crippen LogP) is 2.08. The van der Waals surface area contributed by atoms with Crippen molar-refractivity contribution in [3.8, 4) is 0 Å². The molecule has 1 aromatic carbocycles. The Hall–Kier alpha value is -1.45. The van der Waals surface area contributed by atoms with Crippen LogP contribution in [0.5, 0.6) is 0 Å². The van der Waals surface area contributed by atoms with E-state index in [0.29, 0.717) is 0 Å². The molecule has 3 heteroatoms. The van der Waals surface area contributed by atoms with Crippen molar-refractivity contribution in [1.82, 2.24) is 15.6 Å². The Balaban J connectivity index is 1.74. The molecule has 1 fully saturated rings. The van der Waals surface area contributed by atoms with Crippen molar-refractivity contribution in [1.29, 1.82) is 0 Å². The number of fused-ring (bicyclic) bond motifs is 1. The maximum atomic E-state index is 4.34. The van der Waals surface area contributed by atoms with Crippen LogP contribution in [-0.2, 0) is 6.54 Å². The van der Waals surface area contributed by atoms with Crippen LogP contribution in [0.15, 0.2) is 36.5 Å². The Morgan fingerprint density at radius 2 is 2.33 bits per heavy atom. The third-order valence-electron chi connectivity index (χ3n) is 3.76. The maximum absolute atomic E-state index is 4.34. The van der Waals surface area contributed by atoms with E-state index in [4.69, 9.17) is 0 Å². The third kappa shape index (κ3) is 2.37. The van der Waals surface area contributed by atoms with Gasteiger partial charge in [-0.15, -0.1) is 0 Å². The first-order chi connectivity index (χ1) is 8.75. The van der Waals surface area contributed by atoms with Gasteiger partial charge in [0.1, 0.15) is 0 Å². The number of hydrogen-bond acceptors (Lipinski definition) is 3. The molecule has 0 saturated carbocycles. The van der Waals surface area contributed by atoms with Crippen molar-refractivity contribution in [2.45, 2.75) is 25.4 Å². The van der Waals surface area contributed by atoms with Gasteiger partial charge >= 0.3 is 0 Å². The molecule has 0 amide bonds. The van der Waals surface area contributed by atoms with E-state index >= 15 is 0 Å². The summed E-state index contributed by atoms with van der Waals surface area (Å²) in [5, 5.41) is 8.28. The summed E-state index contributed by atoms with van der Waals surface area (Å²) in [7, 11) is 0. The van der Waals surface area contributed by atoms with Crippen LogP contribution in [0.4, 0.5) is 0 Å². The number of hydrogen-bond donors (Lipinski definition) is 2. The quantitative estimate of drug-likeness (QED) is 0.864. The molecule has 0 aliphatic carbocycles. The lowest BCUT2D eigenvalue weighted by molar-refractivity contribution is 0.386. The van der Waals surface area contributed by atoms with Gasteiger partial charge in [-0.25, -0.2) is 0 Å². The molecule has 18 heavy (non-hydrogen) atoms. The molecular formula is C15H19N3. The number of nitrogens with one attached hydrogen (secondary N) is 2. The highest BCUT2D eigenvalue weighted by molar-refractivity contribution is 5.78. The van der Waals surface area contributed by atoms with Crippen LogP contribution in [0.1, 0.15) is 18.9 Å². The van der Waals surface area contributed by atoms with Gasteiger partial charge in [0.2, 0.25) is 0 Å². The van der Waals surface area contributed by atoms with Crippen LogP contribution in [0.3, 0.4) is 0 Å². The number of rotatable bonds is 3. The van der Waals surface area contributed by atoms with Gasteiger partial charge in [0.25, 0.3) is 0 Å². The number of pyridine rings is 1. The maximum Gasteiger partial charge on any atom is 0.0702 e. The Kier molecular flexibility index (Phi) is 3.02. The van der Waals surface area contributed by atoms with Crippen LogP contribution in [0.2, 0.25) is 0 Å². The second-order valence-corrected chi connectivity index (χ2v) is 5.37. The van der Waals surface area contributed by atoms with Gasteiger partial charge in [-0.2, -0.15) is 0 Å². The predicted molar refractivity (Wildman–Crippen MR) is 74.5 cm³/mol. The fourth-order valence-corrected chi connectivity index (χ4v) is 2.52. The number of nitrogens with zero attached hydrogens (tertiary/aromatic N) is 1. The van der Waals surface area contributed by atoms with E-state index in [-0.39, 0.29) is 5.54 Å². The Morgan fingerprint density at radius 3 is 3.17 bits per heavy atom. The van der Waals surface area contributed by atoms with Gasteiger partial charge in [-0.05, 0) is 43.7 Å². The second kappa shape index (κ2) is 4.67. The van der Waals surface area contributed by atoms with Gasteiger partial charge in [0.05, 0.1) is 5.52 Å². The minimum Gasteiger partial charge on any atom is -0.315 e. The lowest BCUT2D eigenvalue weighted by atomic mass is 10.0. The smallest absolute Gasteiger partial charge is 0.0702 e. The molecule has 1 aromatic heterocycles. The van der Waals surface area contributed by atoms with Gasteiger partial charge < -0.3 is 10.6 Å². The molecule has 1 aliphatic rings. The molecule has 1 saturated heterocycles. The minimum absolute atomic E-state index is 0.240. The monoisotopic (exact) mass is 241 g/mol. The average Bonchev–Trinajstić information content (AvgIpc) is 2.84. The van der Waals surface area contributed by atoms with Crippen LogP contribution < -0.4 is 10.6 Å². The lowest BCUT2D eigenvalue weighted by Gasteiger charge is -2.24. The van der Waals surface area contributed by atoms with Crippen molar-refractivity contribution >= 4 is 10.9 Å². The largest absolute Gasteiger partial charge is 0.315 e. The Morgan fingerprint density at radius 1 is 1.39 bits per heavy atom. The summed E-state index contributed by atoms with van der Waals surface area (Å²) in [5.41, 5.74) is 2.63. The van der Waals surface area contributed by atoms with Crippen molar-refractivity contribution in [3.05, 3.63) is 42.1 Å². The zero-order valence-electron chi connectivity index (χ0n) is 10.7. The van der Waals surface area contributed by atoms with Crippen molar-refractivity contribution in [3.63, 3.8) is 0 Å². The zero-order chi connectivity index (χ0) is 12.4. The molecule has 2 heterocycles. The first kappa shape index (κ1) is 11.6. The molecule has 2 N–H and O–H groups in total. The molecule has 0 bridgehead atoms. The molecule has 0 radical (unpaired) electrons. The highest BCUT2D eigenvalue weighted by atomic mass is 15.1. The van der Waals surface area contributed by atoms with E-state index in [1.165, 1.54) is 17.4 Å². The fraction of sp³-hybridized carbons (Fsp3) is 0.400. The number of aromatic nitrogens is 1. The molecule has 1 unspecified atom stereocenters. The minimum atomic E-state index is 0.240. The second-order valence-electron chi connectivity index (χ2n) is 5.37. The molecule has 1 aliphatic heterocycles. The summed E-state index contributed by atoms with van der Waals surface area (Å²) >= 11 is 0. The summed E-state index contributed by atoms with van der Waals surface area (Å²) in [6.45, 7) is 5.38. The highest BCUT2D eigenvalue weighted by Crippen LogP contribution is 2.16. The van der Waals surface area contributed by atoms with Crippen molar-refractivity contribution in [2.24, 2.45) is 0 Å². The van der Waals surface area contributed by atoms with Crippen LogP contribution in [-0.4, -0.2) is 23.6 Å². The summed E-state index contributed by atoms with van der Waals surface area (Å²) < 4.78 is 0. The standard InChI is InChI=1S/C15H19N3/c1-15(6-8-16-11-15)18-10-12-4-5-14-13(9-12)3-2-7-17-14/h2-5,7,9,16,18H,6,8,10-11H2,1H3. The molecule has 3 rings (SSSR count). The van der Waals surface area contributed by atoms with E-state index in [9.17, 15) is 0 Å². The number of benzene rings is 1. The molecule has 3 nitrogen and oxygen atoms in total. The SMILES string of the molecule is CC1(NCc2ccc3ncccc3c2)CCNC1. The molecule has 94 valence electrons. The third-order valence-corrected chi connectivity index (χ3v) is 3.76. The van der Waals surface area contributed by atoms with Gasteiger partial charge in [-0.1, -0.05) is 12.1 Å². The first-order valence-corrected chi connectivity index (χ1v) is 6.55. The zero-order valence-corrected chi connectivity index (χ0v) is 10.7. The lowest BCUT2D eigenvalue weighted by Crippen LogP contribution is -2.43. The molecule has 1 atom stereocenters.